The summed E-state index contributed by atoms with van der Waals surface area (Å²) in [6.45, 7) is 11.9. The van der Waals surface area contributed by atoms with Crippen LogP contribution in [0.5, 0.6) is 0 Å². The van der Waals surface area contributed by atoms with Gasteiger partial charge in [-0.3, -0.25) is 4.79 Å². The first kappa shape index (κ1) is 18.5. The fourth-order valence-electron chi connectivity index (χ4n) is 2.82. The monoisotopic (exact) mass is 296 g/mol. The van der Waals surface area contributed by atoms with Crippen LogP contribution in [0.4, 0.5) is 0 Å². The molecule has 1 aliphatic heterocycles. The van der Waals surface area contributed by atoms with Crippen LogP contribution in [0.15, 0.2) is 0 Å². The number of nitrogens with zero attached hydrogens (tertiary/aromatic N) is 1. The summed E-state index contributed by atoms with van der Waals surface area (Å²) in [4.78, 5) is 14.6. The molecule has 0 aromatic heterocycles. The first-order chi connectivity index (χ1) is 9.99. The molecule has 0 aromatic rings. The molecule has 1 aliphatic rings. The van der Waals surface area contributed by atoms with Crippen molar-refractivity contribution in [2.45, 2.75) is 78.7 Å². The first-order valence-corrected chi connectivity index (χ1v) is 9.00. The fraction of sp³-hybridized carbons (Fsp3) is 0.944. The lowest BCUT2D eigenvalue weighted by Gasteiger charge is -2.27. The molecule has 1 saturated heterocycles. The van der Waals surface area contributed by atoms with E-state index in [4.69, 9.17) is 0 Å². The molecule has 0 radical (unpaired) electrons. The minimum Gasteiger partial charge on any atom is -0.343 e. The van der Waals surface area contributed by atoms with Gasteiger partial charge in [-0.05, 0) is 50.5 Å². The Morgan fingerprint density at radius 1 is 1.10 bits per heavy atom. The summed E-state index contributed by atoms with van der Waals surface area (Å²) in [6.07, 6.45) is 7.81. The normalized spacial score (nSPS) is 19.2. The van der Waals surface area contributed by atoms with E-state index in [1.807, 2.05) is 0 Å². The van der Waals surface area contributed by atoms with Crippen LogP contribution >= 0.6 is 0 Å². The van der Waals surface area contributed by atoms with Crippen molar-refractivity contribution in [3.63, 3.8) is 0 Å². The molecule has 21 heavy (non-hydrogen) atoms. The Bertz CT molecular complexity index is 271. The highest BCUT2D eigenvalue weighted by Crippen LogP contribution is 2.14. The Morgan fingerprint density at radius 2 is 1.71 bits per heavy atom. The van der Waals surface area contributed by atoms with Crippen LogP contribution in [0.25, 0.3) is 0 Å². The van der Waals surface area contributed by atoms with E-state index in [0.717, 1.165) is 38.9 Å². The predicted octanol–water partition coefficient (Wildman–Crippen LogP) is 3.83. The molecule has 0 aliphatic carbocycles. The van der Waals surface area contributed by atoms with Crippen molar-refractivity contribution in [2.75, 3.05) is 19.6 Å². The van der Waals surface area contributed by atoms with Gasteiger partial charge in [-0.2, -0.15) is 0 Å². The molecule has 0 spiro atoms. The average Bonchev–Trinajstić information content (AvgIpc) is 2.45. The Morgan fingerprint density at radius 3 is 2.19 bits per heavy atom. The van der Waals surface area contributed by atoms with E-state index in [1.165, 1.54) is 19.3 Å². The number of hydrogen-bond donors (Lipinski definition) is 1. The molecule has 3 heteroatoms. The van der Waals surface area contributed by atoms with Crippen LogP contribution in [0.3, 0.4) is 0 Å². The van der Waals surface area contributed by atoms with E-state index in [-0.39, 0.29) is 0 Å². The van der Waals surface area contributed by atoms with Gasteiger partial charge in [0, 0.05) is 25.6 Å². The maximum absolute atomic E-state index is 12.5. The Labute approximate surface area is 131 Å². The molecule has 0 aromatic carbocycles. The second kappa shape index (κ2) is 10.2. The zero-order valence-corrected chi connectivity index (χ0v) is 14.7. The summed E-state index contributed by atoms with van der Waals surface area (Å²) in [5.74, 6) is 1.70. The minimum atomic E-state index is 0.365. The highest BCUT2D eigenvalue weighted by atomic mass is 16.2. The topological polar surface area (TPSA) is 32.3 Å². The van der Waals surface area contributed by atoms with Gasteiger partial charge in [0.15, 0.2) is 0 Å². The van der Waals surface area contributed by atoms with E-state index < -0.39 is 0 Å². The quantitative estimate of drug-likeness (QED) is 0.701. The number of hydrogen-bond acceptors (Lipinski definition) is 2. The molecule has 3 nitrogen and oxygen atoms in total. The largest absolute Gasteiger partial charge is 0.343 e. The van der Waals surface area contributed by atoms with Gasteiger partial charge in [0.05, 0.1) is 0 Å². The summed E-state index contributed by atoms with van der Waals surface area (Å²) in [7, 11) is 0. The van der Waals surface area contributed by atoms with Crippen molar-refractivity contribution in [3.05, 3.63) is 0 Å². The van der Waals surface area contributed by atoms with Crippen molar-refractivity contribution >= 4 is 5.91 Å². The van der Waals surface area contributed by atoms with Gasteiger partial charge < -0.3 is 10.2 Å². The van der Waals surface area contributed by atoms with Gasteiger partial charge in [-0.1, -0.05) is 34.1 Å². The first-order valence-electron chi connectivity index (χ1n) is 9.00. The van der Waals surface area contributed by atoms with Crippen molar-refractivity contribution in [1.29, 1.82) is 0 Å². The molecular weight excluding hydrogens is 260 g/mol. The van der Waals surface area contributed by atoms with Crippen molar-refractivity contribution < 1.29 is 4.79 Å². The molecule has 1 unspecified atom stereocenters. The van der Waals surface area contributed by atoms with Gasteiger partial charge in [-0.25, -0.2) is 0 Å². The van der Waals surface area contributed by atoms with Gasteiger partial charge >= 0.3 is 0 Å². The number of nitrogens with one attached hydrogen (secondary N) is 1. The Balaban J connectivity index is 2.36. The van der Waals surface area contributed by atoms with E-state index in [1.54, 1.807) is 0 Å². The maximum atomic E-state index is 12.5. The van der Waals surface area contributed by atoms with Crippen LogP contribution in [0.2, 0.25) is 0 Å². The van der Waals surface area contributed by atoms with Crippen LogP contribution in [0.1, 0.15) is 72.6 Å². The number of carbonyl (C=O) groups is 1. The molecular formula is C18H36N2O. The Kier molecular flexibility index (Phi) is 8.98. The van der Waals surface area contributed by atoms with Crippen molar-refractivity contribution in [1.82, 2.24) is 10.2 Å². The van der Waals surface area contributed by atoms with Gasteiger partial charge in [0.25, 0.3) is 0 Å². The highest BCUT2D eigenvalue weighted by molar-refractivity contribution is 5.76. The molecule has 1 fully saturated rings. The average molecular weight is 296 g/mol. The lowest BCUT2D eigenvalue weighted by Crippen LogP contribution is -2.37. The summed E-state index contributed by atoms with van der Waals surface area (Å²) >= 11 is 0. The lowest BCUT2D eigenvalue weighted by atomic mass is 10.00. The molecule has 1 rings (SSSR count). The molecule has 1 amide bonds. The van der Waals surface area contributed by atoms with E-state index in [9.17, 15) is 4.79 Å². The standard InChI is InChI=1S/C18H36N2O/c1-15(2)10-13-20(14-11-16(3)4)18(21)9-8-17-7-5-6-12-19-17/h15-17,19H,5-14H2,1-4H3. The van der Waals surface area contributed by atoms with E-state index in [0.29, 0.717) is 30.2 Å². The lowest BCUT2D eigenvalue weighted by molar-refractivity contribution is -0.131. The molecule has 1 atom stereocenters. The van der Waals surface area contributed by atoms with E-state index >= 15 is 0 Å². The zero-order chi connectivity index (χ0) is 15.7. The fourth-order valence-corrected chi connectivity index (χ4v) is 2.82. The third-order valence-electron chi connectivity index (χ3n) is 4.42. The predicted molar refractivity (Wildman–Crippen MR) is 90.4 cm³/mol. The van der Waals surface area contributed by atoms with Crippen LogP contribution in [-0.4, -0.2) is 36.5 Å². The summed E-state index contributed by atoms with van der Waals surface area (Å²) < 4.78 is 0. The minimum absolute atomic E-state index is 0.365. The molecule has 1 heterocycles. The van der Waals surface area contributed by atoms with Gasteiger partial charge in [-0.15, -0.1) is 0 Å². The van der Waals surface area contributed by atoms with Crippen molar-refractivity contribution in [2.24, 2.45) is 11.8 Å². The van der Waals surface area contributed by atoms with Crippen LogP contribution in [-0.2, 0) is 4.79 Å². The second-order valence-electron chi connectivity index (χ2n) is 7.43. The Hall–Kier alpha value is -0.570. The SMILES string of the molecule is CC(C)CCN(CCC(C)C)C(=O)CCC1CCCCN1. The summed E-state index contributed by atoms with van der Waals surface area (Å²) in [5.41, 5.74) is 0. The third-order valence-corrected chi connectivity index (χ3v) is 4.42. The van der Waals surface area contributed by atoms with Crippen LogP contribution < -0.4 is 5.32 Å². The summed E-state index contributed by atoms with van der Waals surface area (Å²) in [5, 5.41) is 3.54. The van der Waals surface area contributed by atoms with Gasteiger partial charge in [0.2, 0.25) is 5.91 Å². The molecule has 124 valence electrons. The van der Waals surface area contributed by atoms with Gasteiger partial charge in [0.1, 0.15) is 0 Å². The number of rotatable bonds is 9. The summed E-state index contributed by atoms with van der Waals surface area (Å²) in [6, 6.07) is 0.569. The number of amides is 1. The highest BCUT2D eigenvalue weighted by Gasteiger charge is 2.18. The van der Waals surface area contributed by atoms with Crippen LogP contribution in [0, 0.1) is 11.8 Å². The van der Waals surface area contributed by atoms with E-state index in [2.05, 4.69) is 37.9 Å². The second-order valence-corrected chi connectivity index (χ2v) is 7.43. The van der Waals surface area contributed by atoms with Crippen molar-refractivity contribution in [3.8, 4) is 0 Å². The smallest absolute Gasteiger partial charge is 0.222 e. The molecule has 1 N–H and O–H groups in total. The third kappa shape index (κ3) is 8.45. The number of piperidine rings is 1. The molecule has 0 saturated carbocycles. The zero-order valence-electron chi connectivity index (χ0n) is 14.7. The molecule has 0 bridgehead atoms. The number of carbonyl (C=O) groups excluding carboxylic acids is 1. The maximum Gasteiger partial charge on any atom is 0.222 e.